The molecule has 1 aromatic carbocycles. The number of hydrogen-bond acceptors (Lipinski definition) is 4. The summed E-state index contributed by atoms with van der Waals surface area (Å²) >= 11 is 0. The summed E-state index contributed by atoms with van der Waals surface area (Å²) in [6.45, 7) is 6.08. The van der Waals surface area contributed by atoms with Gasteiger partial charge in [-0.05, 0) is 36.1 Å². The molecule has 22 heavy (non-hydrogen) atoms. The van der Waals surface area contributed by atoms with Crippen molar-refractivity contribution in [2.75, 3.05) is 5.73 Å². The molecular formula is C17H22N4O. The Hall–Kier alpha value is -2.56. The van der Waals surface area contributed by atoms with Crippen LogP contribution in [0.25, 0.3) is 11.1 Å². The minimum atomic E-state index is -0.521. The summed E-state index contributed by atoms with van der Waals surface area (Å²) in [4.78, 5) is 4.10. The number of aromatic nitrogens is 1. The number of nitrogens with zero attached hydrogens (tertiary/aromatic N) is 2. The topological polar surface area (TPSA) is 97.5 Å². The molecule has 2 rings (SSSR count). The largest absolute Gasteiger partial charge is 0.409 e. The smallest absolute Gasteiger partial charge is 0.149 e. The highest BCUT2D eigenvalue weighted by molar-refractivity contribution is 5.91. The molecule has 0 aliphatic rings. The highest BCUT2D eigenvalue weighted by atomic mass is 16.4. The van der Waals surface area contributed by atoms with E-state index in [0.717, 1.165) is 16.7 Å². The van der Waals surface area contributed by atoms with Gasteiger partial charge in [0.2, 0.25) is 0 Å². The number of pyridine rings is 1. The van der Waals surface area contributed by atoms with Crippen LogP contribution in [0.15, 0.2) is 47.8 Å². The first-order valence-corrected chi connectivity index (χ1v) is 7.20. The van der Waals surface area contributed by atoms with Crippen molar-refractivity contribution < 1.29 is 5.21 Å². The van der Waals surface area contributed by atoms with Crippen molar-refractivity contribution >= 4 is 11.7 Å². The molecule has 1 unspecified atom stereocenters. The van der Waals surface area contributed by atoms with Crippen LogP contribution in [0.2, 0.25) is 0 Å². The Kier molecular flexibility index (Phi) is 4.35. The molecule has 0 amide bonds. The fraction of sp³-hybridized carbons (Fsp3) is 0.294. The third-order valence-corrected chi connectivity index (χ3v) is 4.40. The summed E-state index contributed by atoms with van der Waals surface area (Å²) in [5.41, 5.74) is 14.1. The second kappa shape index (κ2) is 6.05. The van der Waals surface area contributed by atoms with Gasteiger partial charge in [-0.15, -0.1) is 0 Å². The molecule has 5 nitrogen and oxygen atoms in total. The SMILES string of the molecule is CC(C)C(C)(/C(N)=N/O)c1ccc(-c2ccc(N)nc2)cc1. The lowest BCUT2D eigenvalue weighted by atomic mass is 9.72. The quantitative estimate of drug-likeness (QED) is 0.350. The van der Waals surface area contributed by atoms with Gasteiger partial charge in [-0.2, -0.15) is 0 Å². The molecule has 1 heterocycles. The third-order valence-electron chi connectivity index (χ3n) is 4.40. The van der Waals surface area contributed by atoms with Gasteiger partial charge < -0.3 is 16.7 Å². The Balaban J connectivity index is 2.41. The fourth-order valence-corrected chi connectivity index (χ4v) is 2.47. The molecule has 0 spiro atoms. The summed E-state index contributed by atoms with van der Waals surface area (Å²) in [7, 11) is 0. The van der Waals surface area contributed by atoms with Crippen LogP contribution in [-0.2, 0) is 5.41 Å². The van der Waals surface area contributed by atoms with E-state index in [2.05, 4.69) is 24.0 Å². The monoisotopic (exact) mass is 298 g/mol. The van der Waals surface area contributed by atoms with E-state index in [1.807, 2.05) is 37.3 Å². The second-order valence-corrected chi connectivity index (χ2v) is 5.89. The summed E-state index contributed by atoms with van der Waals surface area (Å²) in [5.74, 6) is 0.900. The maximum absolute atomic E-state index is 9.08. The number of oxime groups is 1. The summed E-state index contributed by atoms with van der Waals surface area (Å²) in [6.07, 6.45) is 1.75. The van der Waals surface area contributed by atoms with Gasteiger partial charge in [-0.25, -0.2) is 4.98 Å². The van der Waals surface area contributed by atoms with E-state index in [4.69, 9.17) is 16.7 Å². The van der Waals surface area contributed by atoms with Crippen LogP contribution in [0, 0.1) is 5.92 Å². The van der Waals surface area contributed by atoms with E-state index < -0.39 is 5.41 Å². The van der Waals surface area contributed by atoms with E-state index >= 15 is 0 Å². The molecule has 0 aliphatic carbocycles. The van der Waals surface area contributed by atoms with Crippen LogP contribution >= 0.6 is 0 Å². The number of rotatable bonds is 4. The van der Waals surface area contributed by atoms with Crippen molar-refractivity contribution in [3.63, 3.8) is 0 Å². The zero-order chi connectivity index (χ0) is 16.3. The zero-order valence-electron chi connectivity index (χ0n) is 13.1. The first-order chi connectivity index (χ1) is 10.4. The number of nitrogen functional groups attached to an aromatic ring is 1. The first kappa shape index (κ1) is 15.8. The molecule has 1 aromatic heterocycles. The van der Waals surface area contributed by atoms with Gasteiger partial charge in [0.1, 0.15) is 11.7 Å². The molecule has 0 bridgehead atoms. The molecule has 1 atom stereocenters. The molecular weight excluding hydrogens is 276 g/mol. The molecule has 116 valence electrons. The standard InChI is InChI=1S/C17H22N4O/c1-11(2)17(3,16(19)21-22)14-7-4-12(5-8-14)13-6-9-15(18)20-10-13/h4-11,22H,1-3H3,(H2,18,20)(H2,19,21). The van der Waals surface area contributed by atoms with Gasteiger partial charge in [0.15, 0.2) is 0 Å². The third kappa shape index (κ3) is 2.74. The molecule has 5 N–H and O–H groups in total. The molecule has 0 aliphatic heterocycles. The molecule has 5 heteroatoms. The predicted molar refractivity (Wildman–Crippen MR) is 89.7 cm³/mol. The van der Waals surface area contributed by atoms with Crippen LogP contribution in [-0.4, -0.2) is 16.0 Å². The summed E-state index contributed by atoms with van der Waals surface area (Å²) < 4.78 is 0. The summed E-state index contributed by atoms with van der Waals surface area (Å²) in [5, 5.41) is 12.3. The van der Waals surface area contributed by atoms with E-state index in [9.17, 15) is 0 Å². The lowest BCUT2D eigenvalue weighted by molar-refractivity contribution is 0.306. The average molecular weight is 298 g/mol. The van der Waals surface area contributed by atoms with Gasteiger partial charge in [0, 0.05) is 11.8 Å². The minimum Gasteiger partial charge on any atom is -0.409 e. The minimum absolute atomic E-state index is 0.187. The van der Waals surface area contributed by atoms with Crippen molar-refractivity contribution in [2.45, 2.75) is 26.2 Å². The van der Waals surface area contributed by atoms with Crippen molar-refractivity contribution in [2.24, 2.45) is 16.8 Å². The Morgan fingerprint density at radius 3 is 2.18 bits per heavy atom. The highest BCUT2D eigenvalue weighted by Gasteiger charge is 2.35. The number of nitrogens with two attached hydrogens (primary N) is 2. The highest BCUT2D eigenvalue weighted by Crippen LogP contribution is 2.33. The van der Waals surface area contributed by atoms with Crippen LogP contribution in [0.4, 0.5) is 5.82 Å². The van der Waals surface area contributed by atoms with Crippen molar-refractivity contribution in [3.8, 4) is 11.1 Å². The normalized spacial score (nSPS) is 14.8. The number of benzene rings is 1. The van der Waals surface area contributed by atoms with Crippen LogP contribution in [0.3, 0.4) is 0 Å². The second-order valence-electron chi connectivity index (χ2n) is 5.89. The molecule has 0 saturated carbocycles. The van der Waals surface area contributed by atoms with Crippen LogP contribution < -0.4 is 11.5 Å². The van der Waals surface area contributed by atoms with E-state index in [1.54, 1.807) is 12.3 Å². The fourth-order valence-electron chi connectivity index (χ4n) is 2.47. The van der Waals surface area contributed by atoms with Crippen LogP contribution in [0.5, 0.6) is 0 Å². The average Bonchev–Trinajstić information content (AvgIpc) is 2.54. The summed E-state index contributed by atoms with van der Waals surface area (Å²) in [6, 6.07) is 11.7. The molecule has 0 fully saturated rings. The number of hydrogen-bond donors (Lipinski definition) is 3. The Morgan fingerprint density at radius 1 is 1.14 bits per heavy atom. The Bertz CT molecular complexity index is 662. The number of amidine groups is 1. The Morgan fingerprint density at radius 2 is 1.73 bits per heavy atom. The van der Waals surface area contributed by atoms with Gasteiger partial charge >= 0.3 is 0 Å². The maximum atomic E-state index is 9.08. The van der Waals surface area contributed by atoms with Gasteiger partial charge in [-0.3, -0.25) is 0 Å². The van der Waals surface area contributed by atoms with Crippen molar-refractivity contribution in [1.82, 2.24) is 4.98 Å². The van der Waals surface area contributed by atoms with Crippen molar-refractivity contribution in [3.05, 3.63) is 48.2 Å². The van der Waals surface area contributed by atoms with Gasteiger partial charge in [0.05, 0.1) is 5.41 Å². The van der Waals surface area contributed by atoms with Crippen LogP contribution in [0.1, 0.15) is 26.3 Å². The molecule has 0 radical (unpaired) electrons. The predicted octanol–water partition coefficient (Wildman–Crippen LogP) is 2.99. The molecule has 0 saturated heterocycles. The lowest BCUT2D eigenvalue weighted by Gasteiger charge is -2.33. The zero-order valence-corrected chi connectivity index (χ0v) is 13.1. The van der Waals surface area contributed by atoms with Crippen molar-refractivity contribution in [1.29, 1.82) is 0 Å². The Labute approximate surface area is 130 Å². The maximum Gasteiger partial charge on any atom is 0.149 e. The van der Waals surface area contributed by atoms with E-state index in [1.165, 1.54) is 0 Å². The first-order valence-electron chi connectivity index (χ1n) is 7.20. The van der Waals surface area contributed by atoms with E-state index in [0.29, 0.717) is 5.82 Å². The lowest BCUT2D eigenvalue weighted by Crippen LogP contribution is -2.43. The van der Waals surface area contributed by atoms with Gasteiger partial charge in [-0.1, -0.05) is 43.3 Å². The molecule has 2 aromatic rings. The van der Waals surface area contributed by atoms with Gasteiger partial charge in [0.25, 0.3) is 0 Å². The number of anilines is 1. The van der Waals surface area contributed by atoms with E-state index in [-0.39, 0.29) is 11.8 Å².